The maximum absolute atomic E-state index is 11.2. The molecule has 0 heterocycles. The highest BCUT2D eigenvalue weighted by atomic mass is 16.5. The molecule has 0 bridgehead atoms. The predicted molar refractivity (Wildman–Crippen MR) is 85.8 cm³/mol. The lowest BCUT2D eigenvalue weighted by atomic mass is 10.2. The van der Waals surface area contributed by atoms with Gasteiger partial charge >= 0.3 is 0 Å². The van der Waals surface area contributed by atoms with Gasteiger partial charge in [-0.25, -0.2) is 4.99 Å². The number of ether oxygens (including phenoxy) is 1. The minimum atomic E-state index is -0.130. The van der Waals surface area contributed by atoms with E-state index in [1.165, 1.54) is 6.92 Å². The summed E-state index contributed by atoms with van der Waals surface area (Å²) in [4.78, 5) is 15.7. The van der Waals surface area contributed by atoms with E-state index < -0.39 is 0 Å². The number of hydrogen-bond donors (Lipinski definition) is 3. The van der Waals surface area contributed by atoms with Gasteiger partial charge in [0, 0.05) is 20.0 Å². The topological polar surface area (TPSA) is 74.8 Å². The van der Waals surface area contributed by atoms with Crippen LogP contribution in [0.15, 0.2) is 23.2 Å². The molecule has 3 N–H and O–H groups in total. The van der Waals surface area contributed by atoms with Crippen molar-refractivity contribution in [2.75, 3.05) is 25.5 Å². The fraction of sp³-hybridized carbons (Fsp3) is 0.467. The first-order valence-electron chi connectivity index (χ1n) is 7.07. The largest absolute Gasteiger partial charge is 0.495 e. The average molecular weight is 292 g/mol. The highest BCUT2D eigenvalue weighted by Crippen LogP contribution is 2.25. The summed E-state index contributed by atoms with van der Waals surface area (Å²) in [5.41, 5.74) is 1.65. The number of rotatable bonds is 6. The normalized spacial score (nSPS) is 9.71. The lowest BCUT2D eigenvalue weighted by Crippen LogP contribution is -2.36. The number of aliphatic imine (C=N–C) groups is 1. The van der Waals surface area contributed by atoms with Crippen LogP contribution in [0.25, 0.3) is 0 Å². The quantitative estimate of drug-likeness (QED) is 0.551. The summed E-state index contributed by atoms with van der Waals surface area (Å²) in [6, 6.07) is 5.64. The van der Waals surface area contributed by atoms with E-state index >= 15 is 0 Å². The molecule has 0 fully saturated rings. The molecule has 1 rings (SSSR count). The summed E-state index contributed by atoms with van der Waals surface area (Å²) in [6.07, 6.45) is 0. The van der Waals surface area contributed by atoms with E-state index in [9.17, 15) is 4.79 Å². The summed E-state index contributed by atoms with van der Waals surface area (Å²) in [6.45, 7) is 7.66. The lowest BCUT2D eigenvalue weighted by Gasteiger charge is -2.11. The van der Waals surface area contributed by atoms with E-state index in [2.05, 4.69) is 20.9 Å². The average Bonchev–Trinajstić information content (AvgIpc) is 2.45. The highest BCUT2D eigenvalue weighted by Gasteiger charge is 2.06. The summed E-state index contributed by atoms with van der Waals surface area (Å²) in [7, 11) is 1.58. The molecule has 1 aromatic carbocycles. The van der Waals surface area contributed by atoms with Crippen molar-refractivity contribution in [3.63, 3.8) is 0 Å². The molecule has 21 heavy (non-hydrogen) atoms. The van der Waals surface area contributed by atoms with Crippen molar-refractivity contribution >= 4 is 17.6 Å². The minimum Gasteiger partial charge on any atom is -0.495 e. The molecule has 0 atom stereocenters. The molecule has 1 aromatic rings. The van der Waals surface area contributed by atoms with Gasteiger partial charge < -0.3 is 20.7 Å². The molecule has 116 valence electrons. The zero-order chi connectivity index (χ0) is 15.7. The monoisotopic (exact) mass is 292 g/mol. The van der Waals surface area contributed by atoms with Gasteiger partial charge in [0.2, 0.25) is 5.91 Å². The highest BCUT2D eigenvalue weighted by molar-refractivity contribution is 5.90. The van der Waals surface area contributed by atoms with Crippen molar-refractivity contribution in [3.05, 3.63) is 23.8 Å². The molecule has 0 saturated carbocycles. The van der Waals surface area contributed by atoms with Crippen LogP contribution in [0.4, 0.5) is 5.69 Å². The number of nitrogens with zero attached hydrogens (tertiary/aromatic N) is 1. The van der Waals surface area contributed by atoms with Gasteiger partial charge in [-0.2, -0.15) is 0 Å². The SMILES string of the molecule is CCNC(=NCc1ccc(OC)c(NC(C)=O)c1)NCC. The van der Waals surface area contributed by atoms with E-state index in [0.717, 1.165) is 24.6 Å². The number of amides is 1. The van der Waals surface area contributed by atoms with Gasteiger partial charge in [-0.05, 0) is 31.5 Å². The van der Waals surface area contributed by atoms with Gasteiger partial charge in [0.05, 0.1) is 19.3 Å². The van der Waals surface area contributed by atoms with Crippen LogP contribution in [0.5, 0.6) is 5.75 Å². The maximum atomic E-state index is 11.2. The molecular formula is C15H24N4O2. The molecule has 6 nitrogen and oxygen atoms in total. The van der Waals surface area contributed by atoms with Crippen molar-refractivity contribution < 1.29 is 9.53 Å². The molecule has 0 aliphatic carbocycles. The number of anilines is 1. The lowest BCUT2D eigenvalue weighted by molar-refractivity contribution is -0.114. The van der Waals surface area contributed by atoms with Gasteiger partial charge in [-0.1, -0.05) is 6.07 Å². The molecule has 0 saturated heterocycles. The Hall–Kier alpha value is -2.24. The standard InChI is InChI=1S/C15H24N4O2/c1-5-16-15(17-6-2)18-10-12-7-8-14(21-4)13(9-12)19-11(3)20/h7-9H,5-6,10H2,1-4H3,(H,19,20)(H2,16,17,18). The Morgan fingerprint density at radius 1 is 1.24 bits per heavy atom. The second-order valence-electron chi connectivity index (χ2n) is 4.44. The van der Waals surface area contributed by atoms with Crippen LogP contribution < -0.4 is 20.7 Å². The van der Waals surface area contributed by atoms with Gasteiger partial charge in [0.15, 0.2) is 5.96 Å². The first-order valence-corrected chi connectivity index (χ1v) is 7.07. The number of nitrogens with one attached hydrogen (secondary N) is 3. The second kappa shape index (κ2) is 8.84. The summed E-state index contributed by atoms with van der Waals surface area (Å²) in [5, 5.41) is 9.09. The Kier molecular flexibility index (Phi) is 7.08. The third-order valence-corrected chi connectivity index (χ3v) is 2.68. The summed E-state index contributed by atoms with van der Waals surface area (Å²) in [5.74, 6) is 1.28. The van der Waals surface area contributed by atoms with E-state index in [4.69, 9.17) is 4.74 Å². The van der Waals surface area contributed by atoms with E-state index in [-0.39, 0.29) is 5.91 Å². The molecule has 6 heteroatoms. The van der Waals surface area contributed by atoms with Crippen molar-refractivity contribution in [2.24, 2.45) is 4.99 Å². The number of guanidine groups is 1. The Bertz CT molecular complexity index is 492. The van der Waals surface area contributed by atoms with Crippen LogP contribution in [-0.2, 0) is 11.3 Å². The molecule has 0 aromatic heterocycles. The maximum Gasteiger partial charge on any atom is 0.221 e. The van der Waals surface area contributed by atoms with Gasteiger partial charge in [-0.3, -0.25) is 4.79 Å². The Morgan fingerprint density at radius 2 is 1.90 bits per heavy atom. The number of benzene rings is 1. The van der Waals surface area contributed by atoms with Crippen LogP contribution in [0.2, 0.25) is 0 Å². The van der Waals surface area contributed by atoms with Gasteiger partial charge in [0.1, 0.15) is 5.75 Å². The van der Waals surface area contributed by atoms with Crippen molar-refractivity contribution in [3.8, 4) is 5.75 Å². The van der Waals surface area contributed by atoms with Crippen LogP contribution in [0, 0.1) is 0 Å². The molecular weight excluding hydrogens is 268 g/mol. The predicted octanol–water partition coefficient (Wildman–Crippen LogP) is 1.73. The fourth-order valence-electron chi connectivity index (χ4n) is 1.82. The number of carbonyl (C=O) groups excluding carboxylic acids is 1. The van der Waals surface area contributed by atoms with Crippen LogP contribution >= 0.6 is 0 Å². The van der Waals surface area contributed by atoms with E-state index in [1.54, 1.807) is 7.11 Å². The fourth-order valence-corrected chi connectivity index (χ4v) is 1.82. The van der Waals surface area contributed by atoms with E-state index in [0.29, 0.717) is 18.0 Å². The Balaban J connectivity index is 2.87. The first-order chi connectivity index (χ1) is 10.1. The Labute approximate surface area is 126 Å². The number of carbonyl (C=O) groups is 1. The van der Waals surface area contributed by atoms with Crippen LogP contribution in [0.3, 0.4) is 0 Å². The first kappa shape index (κ1) is 16.8. The number of hydrogen-bond acceptors (Lipinski definition) is 3. The third kappa shape index (κ3) is 5.72. The summed E-state index contributed by atoms with van der Waals surface area (Å²) >= 11 is 0. The van der Waals surface area contributed by atoms with Crippen molar-refractivity contribution in [2.45, 2.75) is 27.3 Å². The zero-order valence-corrected chi connectivity index (χ0v) is 13.1. The zero-order valence-electron chi connectivity index (χ0n) is 13.1. The van der Waals surface area contributed by atoms with Crippen molar-refractivity contribution in [1.82, 2.24) is 10.6 Å². The van der Waals surface area contributed by atoms with Crippen LogP contribution in [-0.4, -0.2) is 32.1 Å². The molecule has 0 spiro atoms. The molecule has 0 radical (unpaired) electrons. The van der Waals surface area contributed by atoms with Crippen LogP contribution in [0.1, 0.15) is 26.3 Å². The van der Waals surface area contributed by atoms with Gasteiger partial charge in [-0.15, -0.1) is 0 Å². The second-order valence-corrected chi connectivity index (χ2v) is 4.44. The van der Waals surface area contributed by atoms with Crippen molar-refractivity contribution in [1.29, 1.82) is 0 Å². The molecule has 0 aliphatic rings. The van der Waals surface area contributed by atoms with E-state index in [1.807, 2.05) is 32.0 Å². The number of methoxy groups -OCH3 is 1. The Morgan fingerprint density at radius 3 is 2.43 bits per heavy atom. The minimum absolute atomic E-state index is 0.130. The molecule has 1 amide bonds. The van der Waals surface area contributed by atoms with Gasteiger partial charge in [0.25, 0.3) is 0 Å². The summed E-state index contributed by atoms with van der Waals surface area (Å²) < 4.78 is 5.23. The molecule has 0 aliphatic heterocycles. The molecule has 0 unspecified atom stereocenters. The smallest absolute Gasteiger partial charge is 0.221 e. The third-order valence-electron chi connectivity index (χ3n) is 2.68.